The van der Waals surface area contributed by atoms with E-state index in [0.717, 1.165) is 23.9 Å². The fourth-order valence-electron chi connectivity index (χ4n) is 3.06. The highest BCUT2D eigenvalue weighted by Gasteiger charge is 2.19. The van der Waals surface area contributed by atoms with E-state index in [9.17, 15) is 4.39 Å². The number of fused-ring (bicyclic) bond motifs is 1. The van der Waals surface area contributed by atoms with E-state index in [1.54, 1.807) is 12.1 Å². The quantitative estimate of drug-likeness (QED) is 0.862. The molecule has 0 aliphatic carbocycles. The minimum absolute atomic E-state index is 0.145. The van der Waals surface area contributed by atoms with Gasteiger partial charge in [0.25, 0.3) is 0 Å². The first-order chi connectivity index (χ1) is 8.66. The molecule has 0 saturated carbocycles. The average Bonchev–Trinajstić information content (AvgIpc) is 2.93. The highest BCUT2D eigenvalue weighted by Crippen LogP contribution is 2.28. The van der Waals surface area contributed by atoms with Crippen molar-refractivity contribution in [2.24, 2.45) is 7.05 Å². The molecule has 0 spiro atoms. The standard InChI is InChI=1S/C15H19FN2/c1-10-13(9-12-4-3-7-17-12)14-8-11(16)5-6-15(14)18(10)2/h5-6,8,12,17H,3-4,7,9H2,1-2H3. The zero-order chi connectivity index (χ0) is 12.7. The minimum atomic E-state index is -0.145. The maximum Gasteiger partial charge on any atom is 0.123 e. The third-order valence-corrected chi connectivity index (χ3v) is 4.20. The van der Waals surface area contributed by atoms with Crippen LogP contribution in [0.3, 0.4) is 0 Å². The van der Waals surface area contributed by atoms with E-state index >= 15 is 0 Å². The highest BCUT2D eigenvalue weighted by molar-refractivity contribution is 5.85. The van der Waals surface area contributed by atoms with Gasteiger partial charge in [-0.3, -0.25) is 0 Å². The number of halogens is 1. The lowest BCUT2D eigenvalue weighted by Crippen LogP contribution is -2.23. The van der Waals surface area contributed by atoms with Crippen LogP contribution in [0.1, 0.15) is 24.1 Å². The summed E-state index contributed by atoms with van der Waals surface area (Å²) in [5.41, 5.74) is 3.68. The van der Waals surface area contributed by atoms with Crippen molar-refractivity contribution in [1.29, 1.82) is 0 Å². The van der Waals surface area contributed by atoms with Crippen molar-refractivity contribution in [2.75, 3.05) is 6.54 Å². The lowest BCUT2D eigenvalue weighted by atomic mass is 10.0. The Labute approximate surface area is 107 Å². The van der Waals surface area contributed by atoms with Crippen molar-refractivity contribution >= 4 is 10.9 Å². The van der Waals surface area contributed by atoms with Gasteiger partial charge >= 0.3 is 0 Å². The molecular weight excluding hydrogens is 227 g/mol. The molecule has 1 fully saturated rings. The predicted molar refractivity (Wildman–Crippen MR) is 72.3 cm³/mol. The highest BCUT2D eigenvalue weighted by atomic mass is 19.1. The molecule has 2 nitrogen and oxygen atoms in total. The van der Waals surface area contributed by atoms with Gasteiger partial charge in [-0.2, -0.15) is 0 Å². The lowest BCUT2D eigenvalue weighted by Gasteiger charge is -2.10. The van der Waals surface area contributed by atoms with Crippen molar-refractivity contribution in [3.05, 3.63) is 35.3 Å². The molecule has 96 valence electrons. The van der Waals surface area contributed by atoms with Crippen molar-refractivity contribution in [2.45, 2.75) is 32.2 Å². The van der Waals surface area contributed by atoms with E-state index < -0.39 is 0 Å². The zero-order valence-electron chi connectivity index (χ0n) is 11.0. The number of aromatic nitrogens is 1. The van der Waals surface area contributed by atoms with Crippen molar-refractivity contribution in [3.63, 3.8) is 0 Å². The van der Waals surface area contributed by atoms with Crippen LogP contribution in [0.4, 0.5) is 4.39 Å². The van der Waals surface area contributed by atoms with Gasteiger partial charge in [-0.15, -0.1) is 0 Å². The molecule has 0 bridgehead atoms. The van der Waals surface area contributed by atoms with Crippen LogP contribution in [0, 0.1) is 12.7 Å². The Balaban J connectivity index is 2.08. The second-order valence-corrected chi connectivity index (χ2v) is 5.28. The number of hydrogen-bond donors (Lipinski definition) is 1. The van der Waals surface area contributed by atoms with Crippen LogP contribution in [0.25, 0.3) is 10.9 Å². The molecule has 1 N–H and O–H groups in total. The van der Waals surface area contributed by atoms with Crippen LogP contribution in [0.15, 0.2) is 18.2 Å². The third kappa shape index (κ3) is 1.83. The number of nitrogens with one attached hydrogen (secondary N) is 1. The number of nitrogens with zero attached hydrogens (tertiary/aromatic N) is 1. The van der Waals surface area contributed by atoms with Crippen LogP contribution in [0.2, 0.25) is 0 Å². The molecular formula is C15H19FN2. The number of benzene rings is 1. The molecule has 3 heteroatoms. The summed E-state index contributed by atoms with van der Waals surface area (Å²) in [5, 5.41) is 4.59. The SMILES string of the molecule is Cc1c(CC2CCCN2)c2cc(F)ccc2n1C. The first kappa shape index (κ1) is 11.7. The third-order valence-electron chi connectivity index (χ3n) is 4.20. The molecule has 1 aromatic heterocycles. The molecule has 0 amide bonds. The van der Waals surface area contributed by atoms with Gasteiger partial charge in [0.15, 0.2) is 0 Å². The topological polar surface area (TPSA) is 17.0 Å². The van der Waals surface area contributed by atoms with Gasteiger partial charge in [0.1, 0.15) is 5.82 Å². The zero-order valence-corrected chi connectivity index (χ0v) is 11.0. The molecule has 3 rings (SSSR count). The van der Waals surface area contributed by atoms with Gasteiger partial charge in [0.05, 0.1) is 0 Å². The summed E-state index contributed by atoms with van der Waals surface area (Å²) in [6, 6.07) is 5.65. The maximum absolute atomic E-state index is 13.4. The van der Waals surface area contributed by atoms with Crippen LogP contribution in [0.5, 0.6) is 0 Å². The summed E-state index contributed by atoms with van der Waals surface area (Å²) in [4.78, 5) is 0. The van der Waals surface area contributed by atoms with E-state index in [1.807, 2.05) is 6.07 Å². The van der Waals surface area contributed by atoms with Crippen LogP contribution < -0.4 is 5.32 Å². The largest absolute Gasteiger partial charge is 0.348 e. The summed E-state index contributed by atoms with van der Waals surface area (Å²) in [6.45, 7) is 3.24. The van der Waals surface area contributed by atoms with E-state index in [1.165, 1.54) is 24.1 Å². The number of hydrogen-bond acceptors (Lipinski definition) is 1. The van der Waals surface area contributed by atoms with Gasteiger partial charge in [-0.05, 0) is 56.5 Å². The Morgan fingerprint density at radius 1 is 1.44 bits per heavy atom. The minimum Gasteiger partial charge on any atom is -0.348 e. The summed E-state index contributed by atoms with van der Waals surface area (Å²) in [7, 11) is 2.06. The van der Waals surface area contributed by atoms with Crippen molar-refractivity contribution in [3.8, 4) is 0 Å². The van der Waals surface area contributed by atoms with Crippen LogP contribution >= 0.6 is 0 Å². The molecule has 0 radical (unpaired) electrons. The molecule has 18 heavy (non-hydrogen) atoms. The lowest BCUT2D eigenvalue weighted by molar-refractivity contribution is 0.601. The molecule has 1 saturated heterocycles. The van der Waals surface area contributed by atoms with Crippen LogP contribution in [-0.4, -0.2) is 17.2 Å². The summed E-state index contributed by atoms with van der Waals surface area (Å²) >= 11 is 0. The van der Waals surface area contributed by atoms with E-state index in [0.29, 0.717) is 6.04 Å². The monoisotopic (exact) mass is 246 g/mol. The van der Waals surface area contributed by atoms with Gasteiger partial charge < -0.3 is 9.88 Å². The second kappa shape index (κ2) is 4.39. The first-order valence-corrected chi connectivity index (χ1v) is 6.63. The Morgan fingerprint density at radius 2 is 2.28 bits per heavy atom. The van der Waals surface area contributed by atoms with E-state index in [4.69, 9.17) is 0 Å². The Hall–Kier alpha value is -1.35. The van der Waals surface area contributed by atoms with Gasteiger partial charge in [0.2, 0.25) is 0 Å². The Morgan fingerprint density at radius 3 is 3.00 bits per heavy atom. The summed E-state index contributed by atoms with van der Waals surface area (Å²) in [5.74, 6) is -0.145. The maximum atomic E-state index is 13.4. The Kier molecular flexibility index (Phi) is 2.86. The number of aryl methyl sites for hydroxylation is 1. The summed E-state index contributed by atoms with van der Waals surface area (Å²) < 4.78 is 15.6. The van der Waals surface area contributed by atoms with E-state index in [-0.39, 0.29) is 5.82 Å². The molecule has 1 atom stereocenters. The Bertz CT molecular complexity index is 580. The van der Waals surface area contributed by atoms with Crippen molar-refractivity contribution in [1.82, 2.24) is 9.88 Å². The first-order valence-electron chi connectivity index (χ1n) is 6.63. The second-order valence-electron chi connectivity index (χ2n) is 5.28. The smallest absolute Gasteiger partial charge is 0.123 e. The van der Waals surface area contributed by atoms with Gasteiger partial charge in [-0.1, -0.05) is 0 Å². The predicted octanol–water partition coefficient (Wildman–Crippen LogP) is 2.92. The molecule has 2 heterocycles. The number of rotatable bonds is 2. The molecule has 2 aromatic rings. The molecule has 1 aromatic carbocycles. The van der Waals surface area contributed by atoms with Crippen LogP contribution in [-0.2, 0) is 13.5 Å². The fraction of sp³-hybridized carbons (Fsp3) is 0.467. The molecule has 1 aliphatic heterocycles. The van der Waals surface area contributed by atoms with Gasteiger partial charge in [0, 0.05) is 29.7 Å². The summed E-state index contributed by atoms with van der Waals surface area (Å²) in [6.07, 6.45) is 3.49. The normalized spacial score (nSPS) is 19.8. The fourth-order valence-corrected chi connectivity index (χ4v) is 3.06. The van der Waals surface area contributed by atoms with E-state index in [2.05, 4.69) is 23.9 Å². The van der Waals surface area contributed by atoms with Gasteiger partial charge in [-0.25, -0.2) is 4.39 Å². The molecule has 1 unspecified atom stereocenters. The average molecular weight is 246 g/mol. The van der Waals surface area contributed by atoms with Crippen molar-refractivity contribution < 1.29 is 4.39 Å². The molecule has 1 aliphatic rings.